The Morgan fingerprint density at radius 2 is 0.897 bits per heavy atom. The van der Waals surface area contributed by atoms with Crippen molar-refractivity contribution in [1.29, 1.82) is 0 Å². The fourth-order valence-electron chi connectivity index (χ4n) is 7.99. The van der Waals surface area contributed by atoms with E-state index in [2.05, 4.69) is 79.9 Å². The molecule has 0 saturated carbocycles. The molecule has 1 amide bonds. The van der Waals surface area contributed by atoms with Crippen molar-refractivity contribution < 1.29 is 32.9 Å². The van der Waals surface area contributed by atoms with Crippen LogP contribution in [0, 0.1) is 0 Å². The summed E-state index contributed by atoms with van der Waals surface area (Å²) in [5.41, 5.74) is 0. The van der Waals surface area contributed by atoms with Gasteiger partial charge in [-0.2, -0.15) is 0 Å². The zero-order chi connectivity index (χ0) is 49.9. The lowest BCUT2D eigenvalue weighted by Gasteiger charge is -2.25. The Morgan fingerprint density at radius 1 is 0.515 bits per heavy atom. The molecule has 0 fully saturated rings. The zero-order valence-electron chi connectivity index (χ0n) is 45.1. The van der Waals surface area contributed by atoms with Gasteiger partial charge < -0.3 is 19.8 Å². The van der Waals surface area contributed by atoms with Gasteiger partial charge in [0.15, 0.2) is 0 Å². The first kappa shape index (κ1) is 65.9. The van der Waals surface area contributed by atoms with Gasteiger partial charge in [-0.25, -0.2) is 4.57 Å². The molecule has 0 aromatic rings. The summed E-state index contributed by atoms with van der Waals surface area (Å²) in [6.07, 6.45) is 68.7. The predicted molar refractivity (Wildman–Crippen MR) is 295 cm³/mol. The van der Waals surface area contributed by atoms with Gasteiger partial charge in [0.05, 0.1) is 39.9 Å². The highest BCUT2D eigenvalue weighted by molar-refractivity contribution is 7.47. The molecule has 0 saturated heterocycles. The summed E-state index contributed by atoms with van der Waals surface area (Å²) in [6, 6.07) is -0.863. The number of nitrogens with zero attached hydrogens (tertiary/aromatic N) is 1. The van der Waals surface area contributed by atoms with Gasteiger partial charge in [-0.1, -0.05) is 241 Å². The molecule has 0 heterocycles. The number of hydrogen-bond donors (Lipinski definition) is 3. The van der Waals surface area contributed by atoms with Crippen LogP contribution in [0.3, 0.4) is 0 Å². The van der Waals surface area contributed by atoms with Gasteiger partial charge in [-0.3, -0.25) is 13.8 Å². The average molecular weight is 975 g/mol. The van der Waals surface area contributed by atoms with Crippen LogP contribution >= 0.6 is 7.82 Å². The Labute approximate surface area is 421 Å². The number of carbonyl (C=O) groups is 1. The highest BCUT2D eigenvalue weighted by Crippen LogP contribution is 2.43. The highest BCUT2D eigenvalue weighted by Gasteiger charge is 2.27. The zero-order valence-corrected chi connectivity index (χ0v) is 46.0. The van der Waals surface area contributed by atoms with Crippen LogP contribution in [-0.4, -0.2) is 73.4 Å². The van der Waals surface area contributed by atoms with Gasteiger partial charge in [0.1, 0.15) is 13.2 Å². The molecule has 8 nitrogen and oxygen atoms in total. The molecule has 3 unspecified atom stereocenters. The van der Waals surface area contributed by atoms with E-state index >= 15 is 0 Å². The molecule has 0 radical (unpaired) electrons. The first-order chi connectivity index (χ1) is 33.0. The van der Waals surface area contributed by atoms with Gasteiger partial charge in [0.2, 0.25) is 5.91 Å². The molecule has 396 valence electrons. The number of nitrogens with one attached hydrogen (secondary N) is 1. The second-order valence-electron chi connectivity index (χ2n) is 20.3. The minimum atomic E-state index is -4.35. The highest BCUT2D eigenvalue weighted by atomic mass is 31.2. The van der Waals surface area contributed by atoms with Gasteiger partial charge in [-0.05, 0) is 70.6 Å². The van der Waals surface area contributed by atoms with Crippen LogP contribution in [0.15, 0.2) is 72.9 Å². The number of hydrogen-bond acceptors (Lipinski definition) is 5. The van der Waals surface area contributed by atoms with E-state index < -0.39 is 20.0 Å². The van der Waals surface area contributed by atoms with E-state index in [0.717, 1.165) is 64.2 Å². The maximum Gasteiger partial charge on any atom is 0.472 e. The van der Waals surface area contributed by atoms with Crippen LogP contribution in [0.1, 0.15) is 245 Å². The van der Waals surface area contributed by atoms with Crippen LogP contribution in [0.5, 0.6) is 0 Å². The van der Waals surface area contributed by atoms with Crippen molar-refractivity contribution in [3.05, 3.63) is 72.9 Å². The van der Waals surface area contributed by atoms with Crippen molar-refractivity contribution >= 4 is 13.7 Å². The molecule has 0 aromatic carbocycles. The third-order valence-electron chi connectivity index (χ3n) is 12.4. The lowest BCUT2D eigenvalue weighted by Crippen LogP contribution is -2.45. The number of phosphoric ester groups is 1. The minimum Gasteiger partial charge on any atom is -0.387 e. The summed E-state index contributed by atoms with van der Waals surface area (Å²) in [7, 11) is 1.55. The third kappa shape index (κ3) is 51.8. The Kier molecular flexibility index (Phi) is 48.4. The van der Waals surface area contributed by atoms with Crippen molar-refractivity contribution in [2.45, 2.75) is 257 Å². The molecule has 0 spiro atoms. The molecule has 3 atom stereocenters. The van der Waals surface area contributed by atoms with Gasteiger partial charge >= 0.3 is 7.82 Å². The quantitative estimate of drug-likeness (QED) is 0.0243. The number of aliphatic hydroxyl groups is 1. The number of likely N-dealkylation sites (N-methyl/N-ethyl adjacent to an activating group) is 1. The van der Waals surface area contributed by atoms with E-state index in [4.69, 9.17) is 9.05 Å². The van der Waals surface area contributed by atoms with Crippen molar-refractivity contribution in [2.24, 2.45) is 0 Å². The van der Waals surface area contributed by atoms with E-state index in [1.807, 2.05) is 27.2 Å². The van der Waals surface area contributed by atoms with Crippen molar-refractivity contribution in [3.8, 4) is 0 Å². The molecule has 0 rings (SSSR count). The van der Waals surface area contributed by atoms with E-state index in [0.29, 0.717) is 17.4 Å². The molecule has 0 aliphatic carbocycles. The Morgan fingerprint density at radius 3 is 1.35 bits per heavy atom. The molecule has 0 bridgehead atoms. The third-order valence-corrected chi connectivity index (χ3v) is 13.4. The van der Waals surface area contributed by atoms with E-state index in [-0.39, 0.29) is 19.1 Å². The summed E-state index contributed by atoms with van der Waals surface area (Å²) < 4.78 is 23.6. The Bertz CT molecular complexity index is 1330. The van der Waals surface area contributed by atoms with Crippen LogP contribution in [0.2, 0.25) is 0 Å². The summed E-state index contributed by atoms with van der Waals surface area (Å²) in [5, 5.41) is 13.9. The Hall–Kier alpha value is -2.06. The van der Waals surface area contributed by atoms with Crippen LogP contribution in [0.25, 0.3) is 0 Å². The molecule has 9 heteroatoms. The number of allylic oxidation sites excluding steroid dienone is 11. The number of rotatable bonds is 51. The van der Waals surface area contributed by atoms with E-state index in [1.165, 1.54) is 161 Å². The predicted octanol–water partition coefficient (Wildman–Crippen LogP) is 17.1. The molecular weight excluding hydrogens is 864 g/mol. The smallest absolute Gasteiger partial charge is 0.387 e. The first-order valence-electron chi connectivity index (χ1n) is 28.3. The molecular formula is C59H110N2O6P+. The second-order valence-corrected chi connectivity index (χ2v) is 21.7. The summed E-state index contributed by atoms with van der Waals surface area (Å²) >= 11 is 0. The molecule has 3 N–H and O–H groups in total. The van der Waals surface area contributed by atoms with Crippen molar-refractivity contribution in [3.63, 3.8) is 0 Å². The van der Waals surface area contributed by atoms with Gasteiger partial charge in [-0.15, -0.1) is 0 Å². The standard InChI is InChI=1S/C59H109N2O6P/c1-6-8-10-12-14-16-18-20-21-22-23-24-25-26-27-28-29-30-31-32-33-34-35-36-37-38-39-41-43-45-47-49-51-53-59(63)60-57(56-67-68(64,65)66-55-54-61(3,4)5)58(62)52-50-48-46-44-42-40-19-17-15-13-11-9-7-2/h8,10,14,16,20-21,23-24,42,44,50,52,57-58,62H,6-7,9,11-13,15,17-19,22,25-41,43,45-49,51,53-56H2,1-5H3,(H-,60,63,64,65)/p+1/b10-8-,16-14-,21-20-,24-23-,44-42+,52-50+. The summed E-state index contributed by atoms with van der Waals surface area (Å²) in [5.74, 6) is -0.187. The second kappa shape index (κ2) is 49.9. The SMILES string of the molecule is CC/C=C\C/C=C\C/C=C\C/C=C\CCCCCCCCCCCCCCCCCCCCCCC(=O)NC(COP(=O)(O)OCC[N+](C)(C)C)C(O)/C=C/CC/C=C/CCCCCCCCC. The Balaban J connectivity index is 4.04. The fraction of sp³-hybridized carbons (Fsp3) is 0.780. The van der Waals surface area contributed by atoms with Crippen LogP contribution in [-0.2, 0) is 18.4 Å². The summed E-state index contributed by atoms with van der Waals surface area (Å²) in [6.45, 7) is 4.68. The number of carbonyl (C=O) groups excluding carboxylic acids is 1. The van der Waals surface area contributed by atoms with E-state index in [1.54, 1.807) is 6.08 Å². The lowest BCUT2D eigenvalue weighted by molar-refractivity contribution is -0.870. The lowest BCUT2D eigenvalue weighted by atomic mass is 10.0. The molecule has 0 aromatic heterocycles. The van der Waals surface area contributed by atoms with E-state index in [9.17, 15) is 19.4 Å². The number of aliphatic hydroxyl groups excluding tert-OH is 1. The minimum absolute atomic E-state index is 0.0553. The largest absolute Gasteiger partial charge is 0.472 e. The fourth-order valence-corrected chi connectivity index (χ4v) is 8.73. The van der Waals surface area contributed by atoms with Crippen molar-refractivity contribution in [2.75, 3.05) is 40.9 Å². The molecule has 0 aliphatic rings. The normalized spacial score (nSPS) is 14.5. The molecule has 0 aliphatic heterocycles. The number of phosphoric acid groups is 1. The molecule has 68 heavy (non-hydrogen) atoms. The number of quaternary nitrogens is 1. The maximum absolute atomic E-state index is 12.9. The number of amides is 1. The summed E-state index contributed by atoms with van der Waals surface area (Å²) in [4.78, 5) is 23.2. The first-order valence-corrected chi connectivity index (χ1v) is 29.8. The van der Waals surface area contributed by atoms with Crippen LogP contribution < -0.4 is 5.32 Å². The topological polar surface area (TPSA) is 105 Å². The maximum atomic E-state index is 12.9. The average Bonchev–Trinajstić information content (AvgIpc) is 3.30. The monoisotopic (exact) mass is 974 g/mol. The van der Waals surface area contributed by atoms with Gasteiger partial charge in [0.25, 0.3) is 0 Å². The van der Waals surface area contributed by atoms with Gasteiger partial charge in [0, 0.05) is 6.42 Å². The van der Waals surface area contributed by atoms with Crippen LogP contribution in [0.4, 0.5) is 0 Å². The number of unbranched alkanes of at least 4 members (excludes halogenated alkanes) is 28. The van der Waals surface area contributed by atoms with Crippen molar-refractivity contribution in [1.82, 2.24) is 5.32 Å².